The van der Waals surface area contributed by atoms with Gasteiger partial charge in [0.15, 0.2) is 12.3 Å². The number of benzene rings is 1. The molecule has 0 N–H and O–H groups in total. The number of ether oxygens (including phenoxy) is 1. The van der Waals surface area contributed by atoms with Crippen LogP contribution in [0.25, 0.3) is 0 Å². The van der Waals surface area contributed by atoms with Gasteiger partial charge in [-0.15, -0.1) is 11.3 Å². The Morgan fingerprint density at radius 1 is 1.13 bits per heavy atom. The average Bonchev–Trinajstić information content (AvgIpc) is 3.03. The quantitative estimate of drug-likeness (QED) is 0.324. The number of methoxy groups -OCH3 is 1. The molecule has 2 aromatic rings. The molecule has 0 radical (unpaired) electrons. The fourth-order valence-electron chi connectivity index (χ4n) is 2.78. The van der Waals surface area contributed by atoms with Gasteiger partial charge in [0, 0.05) is 17.7 Å². The van der Waals surface area contributed by atoms with E-state index in [-0.39, 0.29) is 6.04 Å². The van der Waals surface area contributed by atoms with E-state index in [0.717, 1.165) is 23.5 Å². The highest BCUT2D eigenvalue weighted by molar-refractivity contribution is 8.01. The predicted octanol–water partition coefficient (Wildman–Crippen LogP) is 5.17. The van der Waals surface area contributed by atoms with E-state index in [0.29, 0.717) is 0 Å². The highest BCUT2D eigenvalue weighted by Gasteiger charge is 2.19. The molecule has 0 amide bonds. The summed E-state index contributed by atoms with van der Waals surface area (Å²) in [7, 11) is 1.67. The molecule has 1 aromatic heterocycles. The normalized spacial score (nSPS) is 16.5. The van der Waals surface area contributed by atoms with E-state index in [1.165, 1.54) is 33.1 Å². The van der Waals surface area contributed by atoms with Gasteiger partial charge in [-0.2, -0.15) is 0 Å². The summed E-state index contributed by atoms with van der Waals surface area (Å²) in [5.41, 5.74) is 0. The van der Waals surface area contributed by atoms with Crippen molar-refractivity contribution < 1.29 is 9.48 Å². The number of rotatable bonds is 5. The molecule has 1 aromatic carbocycles. The summed E-state index contributed by atoms with van der Waals surface area (Å²) < 4.78 is 7.54. The summed E-state index contributed by atoms with van der Waals surface area (Å²) in [6.45, 7) is 0. The fourth-order valence-corrected chi connectivity index (χ4v) is 4.83. The highest BCUT2D eigenvalue weighted by atomic mass is 32.2. The largest absolute Gasteiger partial charge is 0.624 e. The Hall–Kier alpha value is -1.46. The van der Waals surface area contributed by atoms with E-state index < -0.39 is 0 Å². The summed E-state index contributed by atoms with van der Waals surface area (Å²) in [6, 6.07) is 12.3. The molecule has 3 rings (SSSR count). The SMILES string of the molecule is COc1ccc(Sc2ccc(/C=[N+](\[O-])C3CCCCC3)s2)cc1. The van der Waals surface area contributed by atoms with Crippen LogP contribution in [0.3, 0.4) is 0 Å². The number of nitrogens with zero attached hydrogens (tertiary/aromatic N) is 1. The molecule has 1 saturated carbocycles. The first-order chi connectivity index (χ1) is 11.2. The summed E-state index contributed by atoms with van der Waals surface area (Å²) in [4.78, 5) is 2.20. The Morgan fingerprint density at radius 3 is 2.57 bits per heavy atom. The maximum Gasteiger partial charge on any atom is 0.192 e. The lowest BCUT2D eigenvalue weighted by atomic mass is 9.96. The Bertz CT molecular complexity index is 658. The van der Waals surface area contributed by atoms with E-state index in [1.54, 1.807) is 36.4 Å². The molecular formula is C18H21NO2S2. The molecule has 3 nitrogen and oxygen atoms in total. The van der Waals surface area contributed by atoms with Crippen molar-refractivity contribution in [3.63, 3.8) is 0 Å². The van der Waals surface area contributed by atoms with Crippen LogP contribution in [-0.4, -0.2) is 24.1 Å². The lowest BCUT2D eigenvalue weighted by Gasteiger charge is -2.20. The minimum Gasteiger partial charge on any atom is -0.624 e. The molecule has 122 valence electrons. The van der Waals surface area contributed by atoms with Crippen LogP contribution < -0.4 is 4.74 Å². The van der Waals surface area contributed by atoms with Gasteiger partial charge in [-0.25, -0.2) is 4.74 Å². The van der Waals surface area contributed by atoms with Crippen LogP contribution in [0.15, 0.2) is 45.5 Å². The van der Waals surface area contributed by atoms with Gasteiger partial charge in [0.25, 0.3) is 0 Å². The molecule has 1 aliphatic carbocycles. The second-order valence-electron chi connectivity index (χ2n) is 5.72. The molecule has 0 atom stereocenters. The summed E-state index contributed by atoms with van der Waals surface area (Å²) in [5.74, 6) is 0.865. The Balaban J connectivity index is 1.64. The van der Waals surface area contributed by atoms with Crippen molar-refractivity contribution in [2.24, 2.45) is 0 Å². The van der Waals surface area contributed by atoms with E-state index in [2.05, 4.69) is 18.2 Å². The van der Waals surface area contributed by atoms with E-state index >= 15 is 0 Å². The van der Waals surface area contributed by atoms with Crippen molar-refractivity contribution in [3.8, 4) is 5.75 Å². The van der Waals surface area contributed by atoms with Crippen molar-refractivity contribution in [3.05, 3.63) is 46.5 Å². The second-order valence-corrected chi connectivity index (χ2v) is 8.20. The highest BCUT2D eigenvalue weighted by Crippen LogP contribution is 2.33. The van der Waals surface area contributed by atoms with Gasteiger partial charge in [-0.3, -0.25) is 0 Å². The molecule has 0 saturated heterocycles. The number of hydroxylamine groups is 1. The van der Waals surface area contributed by atoms with Gasteiger partial charge in [-0.1, -0.05) is 18.2 Å². The van der Waals surface area contributed by atoms with Crippen molar-refractivity contribution >= 4 is 29.3 Å². The fraction of sp³-hybridized carbons (Fsp3) is 0.389. The predicted molar refractivity (Wildman–Crippen MR) is 97.1 cm³/mol. The average molecular weight is 348 g/mol. The van der Waals surface area contributed by atoms with Gasteiger partial charge >= 0.3 is 0 Å². The molecule has 5 heteroatoms. The topological polar surface area (TPSA) is 35.3 Å². The first kappa shape index (κ1) is 16.4. The molecule has 0 bridgehead atoms. The molecule has 1 fully saturated rings. The monoisotopic (exact) mass is 347 g/mol. The first-order valence-corrected chi connectivity index (χ1v) is 9.60. The van der Waals surface area contributed by atoms with Crippen LogP contribution in [-0.2, 0) is 0 Å². The lowest BCUT2D eigenvalue weighted by molar-refractivity contribution is -0.500. The Morgan fingerprint density at radius 2 is 1.87 bits per heavy atom. The standard InChI is InChI=1S/C18H21NO2S2/c1-21-15-7-9-16(10-8-15)22-18-12-11-17(23-18)13-19(20)14-5-3-2-4-6-14/h7-14H,2-6H2,1H3/b19-13-. The van der Waals surface area contributed by atoms with Gasteiger partial charge < -0.3 is 9.94 Å². The van der Waals surface area contributed by atoms with Crippen LogP contribution in [0.2, 0.25) is 0 Å². The first-order valence-electron chi connectivity index (χ1n) is 7.97. The molecule has 0 unspecified atom stereocenters. The molecule has 0 spiro atoms. The molecule has 23 heavy (non-hydrogen) atoms. The molecule has 0 aliphatic heterocycles. The third-order valence-electron chi connectivity index (χ3n) is 4.07. The van der Waals surface area contributed by atoms with Crippen LogP contribution in [0.5, 0.6) is 5.75 Å². The zero-order valence-electron chi connectivity index (χ0n) is 13.2. The van der Waals surface area contributed by atoms with Crippen molar-refractivity contribution in [2.45, 2.75) is 47.3 Å². The van der Waals surface area contributed by atoms with E-state index in [1.807, 2.05) is 18.2 Å². The minimum absolute atomic E-state index is 0.170. The summed E-state index contributed by atoms with van der Waals surface area (Å²) in [6.07, 6.45) is 7.45. The number of hydrogen-bond donors (Lipinski definition) is 0. The summed E-state index contributed by atoms with van der Waals surface area (Å²) in [5, 5.41) is 12.3. The van der Waals surface area contributed by atoms with Crippen LogP contribution in [0, 0.1) is 5.21 Å². The molecule has 1 heterocycles. The third kappa shape index (κ3) is 4.52. The van der Waals surface area contributed by atoms with E-state index in [4.69, 9.17) is 4.74 Å². The van der Waals surface area contributed by atoms with Crippen LogP contribution in [0.1, 0.15) is 37.0 Å². The summed E-state index contributed by atoms with van der Waals surface area (Å²) >= 11 is 3.38. The molecule has 1 aliphatic rings. The Labute approximate surface area is 145 Å². The van der Waals surface area contributed by atoms with Gasteiger partial charge in [0.1, 0.15) is 5.75 Å². The van der Waals surface area contributed by atoms with Crippen molar-refractivity contribution in [1.29, 1.82) is 0 Å². The third-order valence-corrected chi connectivity index (χ3v) is 6.23. The van der Waals surface area contributed by atoms with Gasteiger partial charge in [-0.05, 0) is 49.2 Å². The maximum atomic E-state index is 12.3. The second kappa shape index (κ2) is 7.88. The van der Waals surface area contributed by atoms with Crippen LogP contribution in [0.4, 0.5) is 0 Å². The number of hydrogen-bond acceptors (Lipinski definition) is 4. The van der Waals surface area contributed by atoms with Crippen LogP contribution >= 0.6 is 23.1 Å². The number of thiophene rings is 1. The zero-order valence-corrected chi connectivity index (χ0v) is 14.9. The van der Waals surface area contributed by atoms with Gasteiger partial charge in [0.2, 0.25) is 0 Å². The Kier molecular flexibility index (Phi) is 5.62. The minimum atomic E-state index is 0.170. The van der Waals surface area contributed by atoms with Crippen molar-refractivity contribution in [2.75, 3.05) is 7.11 Å². The van der Waals surface area contributed by atoms with Gasteiger partial charge in [0.05, 0.1) is 16.2 Å². The zero-order chi connectivity index (χ0) is 16.1. The van der Waals surface area contributed by atoms with Crippen molar-refractivity contribution in [1.82, 2.24) is 0 Å². The van der Waals surface area contributed by atoms with E-state index in [9.17, 15) is 5.21 Å². The maximum absolute atomic E-state index is 12.3. The smallest absolute Gasteiger partial charge is 0.192 e. The molecular weight excluding hydrogens is 326 g/mol. The lowest BCUT2D eigenvalue weighted by Crippen LogP contribution is -2.25.